The summed E-state index contributed by atoms with van der Waals surface area (Å²) < 4.78 is 11.1. The molecule has 0 aliphatic carbocycles. The van der Waals surface area contributed by atoms with Crippen LogP contribution in [0.25, 0.3) is 0 Å². The van der Waals surface area contributed by atoms with Crippen LogP contribution >= 0.6 is 0 Å². The quantitative estimate of drug-likeness (QED) is 0.584. The van der Waals surface area contributed by atoms with Gasteiger partial charge in [-0.05, 0) is 37.2 Å². The Bertz CT molecular complexity index is 391. The summed E-state index contributed by atoms with van der Waals surface area (Å²) in [5.74, 6) is -0.307. The lowest BCUT2D eigenvalue weighted by molar-refractivity contribution is 0.0520. The van der Waals surface area contributed by atoms with Crippen molar-refractivity contribution in [3.63, 3.8) is 0 Å². The third kappa shape index (κ3) is 4.21. The summed E-state index contributed by atoms with van der Waals surface area (Å²) in [5.41, 5.74) is 1.44. The Morgan fingerprint density at radius 1 is 1.16 bits per heavy atom. The second-order valence-electron chi connectivity index (χ2n) is 4.65. The van der Waals surface area contributed by atoms with E-state index in [-0.39, 0.29) is 5.97 Å². The molecule has 108 valence electrons. The van der Waals surface area contributed by atoms with E-state index in [0.717, 1.165) is 23.8 Å². The van der Waals surface area contributed by atoms with Crippen molar-refractivity contribution in [3.8, 4) is 0 Å². The minimum atomic E-state index is -1.57. The van der Waals surface area contributed by atoms with Crippen LogP contribution in [0.5, 0.6) is 0 Å². The molecule has 5 heteroatoms. The van der Waals surface area contributed by atoms with Gasteiger partial charge in [-0.3, -0.25) is 0 Å². The van der Waals surface area contributed by atoms with Crippen molar-refractivity contribution >= 4 is 14.3 Å². The molecule has 19 heavy (non-hydrogen) atoms. The van der Waals surface area contributed by atoms with E-state index in [0.29, 0.717) is 18.9 Å². The largest absolute Gasteiger partial charge is 0.461 e. The predicted molar refractivity (Wildman–Crippen MR) is 78.7 cm³/mol. The minimum Gasteiger partial charge on any atom is -0.461 e. The standard InChI is InChI=1S/C14H25NO3Si/c1-5-17-14(16)13-10-9-12(15-13)11-18-19(6-2,7-3)8-4/h9-10,15H,5-8,11H2,1-4H3. The maximum atomic E-state index is 11.5. The highest BCUT2D eigenvalue weighted by molar-refractivity contribution is 6.73. The molecule has 0 atom stereocenters. The molecule has 0 aromatic carbocycles. The van der Waals surface area contributed by atoms with Gasteiger partial charge in [0.1, 0.15) is 5.69 Å². The Balaban J connectivity index is 2.61. The molecule has 0 bridgehead atoms. The number of rotatable bonds is 8. The molecule has 0 aliphatic heterocycles. The highest BCUT2D eigenvalue weighted by Gasteiger charge is 2.28. The number of esters is 1. The maximum Gasteiger partial charge on any atom is 0.354 e. The minimum absolute atomic E-state index is 0.307. The van der Waals surface area contributed by atoms with Gasteiger partial charge in [-0.15, -0.1) is 0 Å². The molecule has 1 rings (SSSR count). The molecular formula is C14H25NO3Si. The number of carbonyl (C=O) groups is 1. The average Bonchev–Trinajstić information content (AvgIpc) is 2.90. The molecule has 1 N–H and O–H groups in total. The van der Waals surface area contributed by atoms with Crippen LogP contribution in [0.4, 0.5) is 0 Å². The molecule has 0 aliphatic rings. The van der Waals surface area contributed by atoms with Gasteiger partial charge in [-0.1, -0.05) is 20.8 Å². The van der Waals surface area contributed by atoms with Crippen LogP contribution < -0.4 is 0 Å². The van der Waals surface area contributed by atoms with Gasteiger partial charge in [-0.25, -0.2) is 4.79 Å². The van der Waals surface area contributed by atoms with Crippen LogP contribution in [0.3, 0.4) is 0 Å². The average molecular weight is 283 g/mol. The van der Waals surface area contributed by atoms with Crippen molar-refractivity contribution in [3.05, 3.63) is 23.5 Å². The zero-order valence-corrected chi connectivity index (χ0v) is 13.4. The molecule has 4 nitrogen and oxygen atoms in total. The van der Waals surface area contributed by atoms with E-state index in [1.807, 2.05) is 6.07 Å². The molecule has 0 unspecified atom stereocenters. The summed E-state index contributed by atoms with van der Waals surface area (Å²) in [4.78, 5) is 14.6. The Labute approximate surface area is 116 Å². The lowest BCUT2D eigenvalue weighted by atomic mass is 10.4. The molecule has 1 heterocycles. The summed E-state index contributed by atoms with van der Waals surface area (Å²) in [6, 6.07) is 7.04. The Kier molecular flexibility index (Phi) is 6.31. The highest BCUT2D eigenvalue weighted by atomic mass is 28.4. The van der Waals surface area contributed by atoms with Crippen LogP contribution in [0.15, 0.2) is 12.1 Å². The Morgan fingerprint density at radius 3 is 2.32 bits per heavy atom. The zero-order chi connectivity index (χ0) is 14.3. The first-order valence-electron chi connectivity index (χ1n) is 7.09. The normalized spacial score (nSPS) is 11.6. The zero-order valence-electron chi connectivity index (χ0n) is 12.4. The van der Waals surface area contributed by atoms with Gasteiger partial charge in [0, 0.05) is 5.69 Å². The summed E-state index contributed by atoms with van der Waals surface area (Å²) in [7, 11) is -1.57. The maximum absolute atomic E-state index is 11.5. The highest BCUT2D eigenvalue weighted by Crippen LogP contribution is 2.23. The summed E-state index contributed by atoms with van der Waals surface area (Å²) in [5, 5.41) is 0. The SMILES string of the molecule is CCOC(=O)c1ccc(CO[Si](CC)(CC)CC)[nH]1. The summed E-state index contributed by atoms with van der Waals surface area (Å²) in [6.07, 6.45) is 0. The van der Waals surface area contributed by atoms with Crippen LogP contribution in [-0.4, -0.2) is 25.9 Å². The molecule has 1 aromatic heterocycles. The number of hydrogen-bond acceptors (Lipinski definition) is 3. The van der Waals surface area contributed by atoms with E-state index in [9.17, 15) is 4.79 Å². The molecule has 0 saturated heterocycles. The van der Waals surface area contributed by atoms with E-state index in [2.05, 4.69) is 25.8 Å². The van der Waals surface area contributed by atoms with Crippen LogP contribution in [-0.2, 0) is 15.8 Å². The molecule has 0 amide bonds. The van der Waals surface area contributed by atoms with Crippen molar-refractivity contribution < 1.29 is 14.0 Å². The van der Waals surface area contributed by atoms with Gasteiger partial charge in [-0.2, -0.15) is 0 Å². The van der Waals surface area contributed by atoms with Crippen molar-refractivity contribution in [2.24, 2.45) is 0 Å². The third-order valence-electron chi connectivity index (χ3n) is 3.71. The lowest BCUT2D eigenvalue weighted by Gasteiger charge is -2.27. The topological polar surface area (TPSA) is 51.3 Å². The van der Waals surface area contributed by atoms with E-state index in [1.54, 1.807) is 13.0 Å². The number of aromatic nitrogens is 1. The van der Waals surface area contributed by atoms with Crippen molar-refractivity contribution in [1.29, 1.82) is 0 Å². The number of hydrogen-bond donors (Lipinski definition) is 1. The molecule has 0 saturated carbocycles. The van der Waals surface area contributed by atoms with Crippen LogP contribution in [0.2, 0.25) is 18.1 Å². The van der Waals surface area contributed by atoms with Gasteiger partial charge in [0.15, 0.2) is 8.32 Å². The van der Waals surface area contributed by atoms with Crippen molar-refractivity contribution in [2.45, 2.75) is 52.4 Å². The van der Waals surface area contributed by atoms with Crippen LogP contribution in [0.1, 0.15) is 43.9 Å². The summed E-state index contributed by atoms with van der Waals surface area (Å²) >= 11 is 0. The van der Waals surface area contributed by atoms with E-state index < -0.39 is 8.32 Å². The van der Waals surface area contributed by atoms with Crippen molar-refractivity contribution in [2.75, 3.05) is 6.61 Å². The van der Waals surface area contributed by atoms with E-state index in [4.69, 9.17) is 9.16 Å². The van der Waals surface area contributed by atoms with Gasteiger partial charge in [0.25, 0.3) is 0 Å². The first-order valence-corrected chi connectivity index (χ1v) is 9.62. The summed E-state index contributed by atoms with van der Waals surface area (Å²) in [6.45, 7) is 9.37. The fourth-order valence-electron chi connectivity index (χ4n) is 2.14. The second kappa shape index (κ2) is 7.50. The second-order valence-corrected chi connectivity index (χ2v) is 9.43. The fraction of sp³-hybridized carbons (Fsp3) is 0.643. The molecule has 1 aromatic rings. The van der Waals surface area contributed by atoms with Gasteiger partial charge >= 0.3 is 5.97 Å². The van der Waals surface area contributed by atoms with Crippen LogP contribution in [0, 0.1) is 0 Å². The fourth-order valence-corrected chi connectivity index (χ4v) is 4.71. The molecular weight excluding hydrogens is 258 g/mol. The van der Waals surface area contributed by atoms with E-state index in [1.165, 1.54) is 0 Å². The number of nitrogens with one attached hydrogen (secondary N) is 1. The van der Waals surface area contributed by atoms with Crippen molar-refractivity contribution in [1.82, 2.24) is 4.98 Å². The van der Waals surface area contributed by atoms with Gasteiger partial charge in [0.05, 0.1) is 13.2 Å². The predicted octanol–water partition coefficient (Wildman–Crippen LogP) is 3.71. The molecule has 0 fully saturated rings. The first-order chi connectivity index (χ1) is 9.10. The molecule has 0 radical (unpaired) electrons. The van der Waals surface area contributed by atoms with Gasteiger partial charge < -0.3 is 14.1 Å². The number of aromatic amines is 1. The Hall–Kier alpha value is -1.07. The Morgan fingerprint density at radius 2 is 1.79 bits per heavy atom. The number of H-pyrrole nitrogens is 1. The smallest absolute Gasteiger partial charge is 0.354 e. The first kappa shape index (κ1) is 16.0. The monoisotopic (exact) mass is 283 g/mol. The lowest BCUT2D eigenvalue weighted by Crippen LogP contribution is -2.35. The third-order valence-corrected chi connectivity index (χ3v) is 8.33. The van der Waals surface area contributed by atoms with Gasteiger partial charge in [0.2, 0.25) is 0 Å². The molecule has 0 spiro atoms. The van der Waals surface area contributed by atoms with E-state index >= 15 is 0 Å². The number of carbonyl (C=O) groups excluding carboxylic acids is 1. The number of ether oxygens (including phenoxy) is 1.